The molecule has 4 N–H and O–H groups in total. The molecule has 21 nitrogen and oxygen atoms in total. The number of methoxy groups -OCH3 is 1. The minimum Gasteiger partial charge on any atom is -0.494 e. The Morgan fingerprint density at radius 3 is 2.15 bits per heavy atom. The van der Waals surface area contributed by atoms with E-state index >= 15 is 0 Å². The average molecular weight is 1070 g/mol. The molecule has 75 heavy (non-hydrogen) atoms. The van der Waals surface area contributed by atoms with Crippen LogP contribution in [0, 0.1) is 0 Å². The molecule has 402 valence electrons. The number of aromatic nitrogens is 2. The predicted molar refractivity (Wildman–Crippen MR) is 285 cm³/mol. The van der Waals surface area contributed by atoms with Crippen LogP contribution in [-0.4, -0.2) is 185 Å². The van der Waals surface area contributed by atoms with Gasteiger partial charge in [-0.05, 0) is 69.0 Å². The molecule has 4 aliphatic rings. The molecule has 0 saturated carbocycles. The van der Waals surface area contributed by atoms with Gasteiger partial charge in [0, 0.05) is 81.0 Å². The second-order valence-electron chi connectivity index (χ2n) is 18.8. The first-order valence-electron chi connectivity index (χ1n) is 25.3. The molecule has 4 aliphatic heterocycles. The fourth-order valence-electron chi connectivity index (χ4n) is 9.62. The minimum absolute atomic E-state index is 0.0558. The second kappa shape index (κ2) is 26.0. The number of carbonyl (C=O) groups excluding carboxylic acids is 5. The number of nitrogens with zero attached hydrogens (tertiary/aromatic N) is 6. The highest BCUT2D eigenvalue weighted by Gasteiger charge is 2.45. The maximum atomic E-state index is 13.3. The first kappa shape index (κ1) is 55.1. The van der Waals surface area contributed by atoms with Crippen molar-refractivity contribution in [2.75, 3.05) is 140 Å². The van der Waals surface area contributed by atoms with E-state index in [1.165, 1.54) is 6.20 Å². The average Bonchev–Trinajstić information content (AvgIpc) is 3.66. The van der Waals surface area contributed by atoms with Crippen LogP contribution in [0.3, 0.4) is 0 Å². The van der Waals surface area contributed by atoms with Gasteiger partial charge in [-0.3, -0.25) is 39.1 Å². The number of benzene rings is 3. The van der Waals surface area contributed by atoms with Crippen LogP contribution in [0.5, 0.6) is 5.75 Å². The van der Waals surface area contributed by atoms with Gasteiger partial charge in [0.15, 0.2) is 5.82 Å². The lowest BCUT2D eigenvalue weighted by Crippen LogP contribution is -2.54. The van der Waals surface area contributed by atoms with Crippen molar-refractivity contribution in [3.63, 3.8) is 0 Å². The van der Waals surface area contributed by atoms with Crippen LogP contribution in [0.25, 0.3) is 0 Å². The molecule has 5 heterocycles. The van der Waals surface area contributed by atoms with E-state index in [2.05, 4.69) is 47.1 Å². The Morgan fingerprint density at radius 1 is 0.773 bits per heavy atom. The van der Waals surface area contributed by atoms with Crippen LogP contribution in [-0.2, 0) is 37.9 Å². The number of fused-ring (bicyclic) bond motifs is 1. The molecule has 5 amide bonds. The molecule has 1 unspecified atom stereocenters. The Hall–Kier alpha value is -6.19. The largest absolute Gasteiger partial charge is 0.494 e. The van der Waals surface area contributed by atoms with Crippen molar-refractivity contribution in [1.29, 1.82) is 0 Å². The van der Waals surface area contributed by atoms with E-state index in [0.717, 1.165) is 49.6 Å². The third kappa shape index (κ3) is 14.2. The molecule has 3 saturated heterocycles. The molecule has 8 rings (SSSR count). The lowest BCUT2D eigenvalue weighted by Gasteiger charge is -2.43. The smallest absolute Gasteiger partial charge is 0.264 e. The summed E-state index contributed by atoms with van der Waals surface area (Å²) in [7, 11) is -0.928. The molecule has 4 aromatic rings. The van der Waals surface area contributed by atoms with E-state index in [1.54, 1.807) is 38.6 Å². The third-order valence-electron chi connectivity index (χ3n) is 13.5. The highest BCUT2D eigenvalue weighted by molar-refractivity contribution is 7.70. The van der Waals surface area contributed by atoms with E-state index in [4.69, 9.17) is 35.3 Å². The number of ether oxygens (including phenoxy) is 5. The topological polar surface area (TPSA) is 235 Å². The van der Waals surface area contributed by atoms with Gasteiger partial charge in [0.2, 0.25) is 23.7 Å². The fraction of sp³-hybridized carbons (Fsp3) is 0.481. The summed E-state index contributed by atoms with van der Waals surface area (Å²) in [4.78, 5) is 80.0. The van der Waals surface area contributed by atoms with Crippen molar-refractivity contribution in [2.45, 2.75) is 44.2 Å². The molecule has 0 spiro atoms. The Bertz CT molecular complexity index is 2730. The fourth-order valence-corrected chi connectivity index (χ4v) is 10.9. The summed E-state index contributed by atoms with van der Waals surface area (Å²) in [5.74, 6) is -0.736. The van der Waals surface area contributed by atoms with Crippen molar-refractivity contribution in [3.8, 4) is 5.75 Å². The van der Waals surface area contributed by atoms with Gasteiger partial charge < -0.3 is 54.0 Å². The summed E-state index contributed by atoms with van der Waals surface area (Å²) in [6.07, 6.45) is 4.02. The number of para-hydroxylation sites is 1. The molecule has 0 radical (unpaired) electrons. The predicted octanol–water partition coefficient (Wildman–Crippen LogP) is 4.96. The van der Waals surface area contributed by atoms with Crippen LogP contribution in [0.4, 0.5) is 34.5 Å². The highest BCUT2D eigenvalue weighted by atomic mass is 35.5. The normalized spacial score (nSPS) is 17.5. The maximum Gasteiger partial charge on any atom is 0.264 e. The van der Waals surface area contributed by atoms with Crippen molar-refractivity contribution in [1.82, 2.24) is 30.0 Å². The van der Waals surface area contributed by atoms with Crippen LogP contribution < -0.4 is 36.2 Å². The summed E-state index contributed by atoms with van der Waals surface area (Å²) < 4.78 is 41.3. The first-order chi connectivity index (χ1) is 36.3. The molecule has 23 heteroatoms. The van der Waals surface area contributed by atoms with Gasteiger partial charge in [0.05, 0.1) is 95.1 Å². The molecule has 0 bridgehead atoms. The van der Waals surface area contributed by atoms with E-state index in [9.17, 15) is 28.5 Å². The third-order valence-corrected chi connectivity index (χ3v) is 15.4. The van der Waals surface area contributed by atoms with E-state index in [1.807, 2.05) is 41.3 Å². The molecular formula is C52H66ClN10O11P. The maximum absolute atomic E-state index is 13.3. The summed E-state index contributed by atoms with van der Waals surface area (Å²) in [6, 6.07) is 17.8. The monoisotopic (exact) mass is 1070 g/mol. The second-order valence-corrected chi connectivity index (χ2v) is 22.4. The van der Waals surface area contributed by atoms with Gasteiger partial charge in [-0.25, -0.2) is 4.98 Å². The van der Waals surface area contributed by atoms with Gasteiger partial charge in [-0.2, -0.15) is 4.98 Å². The number of hydrogen-bond donors (Lipinski definition) is 4. The number of amides is 5. The number of anilines is 6. The summed E-state index contributed by atoms with van der Waals surface area (Å²) >= 11 is 6.48. The molecule has 1 atom stereocenters. The quantitative estimate of drug-likeness (QED) is 0.0390. The Morgan fingerprint density at radius 2 is 1.45 bits per heavy atom. The Kier molecular flexibility index (Phi) is 19.1. The van der Waals surface area contributed by atoms with E-state index in [-0.39, 0.29) is 29.9 Å². The Labute approximate surface area is 441 Å². The SMILES string of the molecule is COc1cc(N2CCC(N3CCN(C(=O)CCOCCOCCOCCOCCNc4cccc5c4C(=O)N(C4CCC(=O)NC4=O)C5=O)CC3)CC2)ccc1Nc1ncc(Cl)c(Nc2ccccc2P(C)(C)=O)n1. The van der Waals surface area contributed by atoms with Crippen LogP contribution in [0.15, 0.2) is 66.9 Å². The van der Waals surface area contributed by atoms with Gasteiger partial charge in [0.1, 0.15) is 24.0 Å². The van der Waals surface area contributed by atoms with E-state index in [0.29, 0.717) is 130 Å². The number of rotatable bonds is 25. The lowest BCUT2D eigenvalue weighted by atomic mass is 10.0. The van der Waals surface area contributed by atoms with Crippen molar-refractivity contribution < 1.29 is 52.2 Å². The summed E-state index contributed by atoms with van der Waals surface area (Å²) in [5, 5.41) is 12.9. The number of hydrogen-bond acceptors (Lipinski definition) is 18. The van der Waals surface area contributed by atoms with Gasteiger partial charge in [-0.15, -0.1) is 0 Å². The van der Waals surface area contributed by atoms with Crippen LogP contribution in [0.1, 0.15) is 52.8 Å². The molecule has 3 fully saturated rings. The van der Waals surface area contributed by atoms with Crippen LogP contribution in [0.2, 0.25) is 5.02 Å². The number of halogens is 1. The lowest BCUT2D eigenvalue weighted by molar-refractivity contribution is -0.136. The standard InChI is InChI=1S/C52H66ClN10O11P/c1-70-43-33-36(11-12-39(43)57-52-55-34-38(53)48(59-52)56-40-8-4-5-10-44(40)75(2,3)69)60-19-15-35(16-20-60)61-21-23-62(24-22-61)46(65)17-25-71-27-29-73-31-32-74-30-28-72-26-18-54-41-9-6-7-37-47(41)51(68)63(50(37)67)42-13-14-45(64)58-49(42)66/h4-12,33-35,42,54H,13-32H2,1-3H3,(H,58,64,66)(H2,55,56,57,59). The zero-order chi connectivity index (χ0) is 52.9. The number of nitrogens with one attached hydrogen (secondary N) is 4. The van der Waals surface area contributed by atoms with Gasteiger partial charge in [0.25, 0.3) is 11.8 Å². The zero-order valence-corrected chi connectivity index (χ0v) is 44.3. The van der Waals surface area contributed by atoms with Gasteiger partial charge >= 0.3 is 0 Å². The first-order valence-corrected chi connectivity index (χ1v) is 28.3. The molecule has 1 aromatic heterocycles. The van der Waals surface area contributed by atoms with Crippen molar-refractivity contribution >= 4 is 88.1 Å². The molecule has 0 aliphatic carbocycles. The Balaban J connectivity index is 0.643. The summed E-state index contributed by atoms with van der Waals surface area (Å²) in [6.45, 7) is 11.6. The number of carbonyl (C=O) groups is 5. The van der Waals surface area contributed by atoms with Gasteiger partial charge in [-0.1, -0.05) is 29.8 Å². The number of imide groups is 2. The van der Waals surface area contributed by atoms with Crippen molar-refractivity contribution in [2.24, 2.45) is 0 Å². The van der Waals surface area contributed by atoms with Crippen molar-refractivity contribution in [3.05, 3.63) is 83.0 Å². The molecular weight excluding hydrogens is 1010 g/mol. The van der Waals surface area contributed by atoms with E-state index < -0.39 is 36.8 Å². The minimum atomic E-state index is -2.56. The summed E-state index contributed by atoms with van der Waals surface area (Å²) in [5.41, 5.74) is 3.32. The number of piperazine rings is 1. The molecule has 3 aromatic carbocycles. The zero-order valence-electron chi connectivity index (χ0n) is 42.6. The van der Waals surface area contributed by atoms with Crippen LogP contribution >= 0.6 is 18.7 Å². The number of piperidine rings is 2. The highest BCUT2D eigenvalue weighted by Crippen LogP contribution is 2.39.